The molecule has 4 rings (SSSR count). The first-order chi connectivity index (χ1) is 18.4. The fraction of sp³-hybridized carbons (Fsp3) is 0.471. The van der Waals surface area contributed by atoms with E-state index in [1.807, 2.05) is 0 Å². The second kappa shape index (κ2) is 25.0. The van der Waals surface area contributed by atoms with Crippen LogP contribution in [-0.4, -0.2) is 40.8 Å². The summed E-state index contributed by atoms with van der Waals surface area (Å²) < 4.78 is 6.78. The molecule has 0 bridgehead atoms. The van der Waals surface area contributed by atoms with Crippen molar-refractivity contribution in [3.63, 3.8) is 0 Å². The zero-order valence-corrected chi connectivity index (χ0v) is 41.5. The molecule has 0 N–H and O–H groups in total. The number of allylic oxidation sites excluding steroid dienone is 16. The van der Waals surface area contributed by atoms with Crippen LogP contribution in [0.3, 0.4) is 0 Å². The monoisotopic (exact) mass is 1010 g/mol. The van der Waals surface area contributed by atoms with Crippen molar-refractivity contribution in [3.8, 4) is 0 Å². The standard InChI is InChI=1S/4C8H13Si.2CH2.2ClH.2Hf/c4*1-9(2,3)8-6-4-5-7-8;;;;;;/h4*6-7H,4H2,1-3H3;2*1H2;2*1H;;/q4*-1;;;;;2*+2. The molecular weight excluding hydrogens is 949 g/mol. The maximum absolute atomic E-state index is 3.39. The molecule has 4 aliphatic carbocycles. The van der Waals surface area contributed by atoms with Gasteiger partial charge in [0.25, 0.3) is 0 Å². The van der Waals surface area contributed by atoms with Crippen molar-refractivity contribution in [2.75, 3.05) is 0 Å². The molecule has 0 aromatic heterocycles. The number of rotatable bonds is 4. The summed E-state index contributed by atoms with van der Waals surface area (Å²) in [5.41, 5.74) is 0. The predicted octanol–water partition coefficient (Wildman–Crippen LogP) is 11.0. The van der Waals surface area contributed by atoms with E-state index >= 15 is 0 Å². The van der Waals surface area contributed by atoms with Crippen LogP contribution < -0.4 is 0 Å². The topological polar surface area (TPSA) is 0 Å². The summed E-state index contributed by atoms with van der Waals surface area (Å²) in [5, 5.41) is 6.23. The van der Waals surface area contributed by atoms with Gasteiger partial charge in [0.05, 0.1) is 0 Å². The Morgan fingerprint density at radius 1 is 0.405 bits per heavy atom. The van der Waals surface area contributed by atoms with E-state index in [1.165, 1.54) is 0 Å². The van der Waals surface area contributed by atoms with E-state index in [0.717, 1.165) is 73.5 Å². The third-order valence-electron chi connectivity index (χ3n) is 6.25. The van der Waals surface area contributed by atoms with Gasteiger partial charge in [0.15, 0.2) is 0 Å². The van der Waals surface area contributed by atoms with Crippen molar-refractivity contribution in [2.24, 2.45) is 0 Å². The van der Waals surface area contributed by atoms with E-state index in [0.29, 0.717) is 0 Å². The zero-order valence-electron chi connectivity index (χ0n) is 28.7. The summed E-state index contributed by atoms with van der Waals surface area (Å²) in [6, 6.07) is 0. The third-order valence-corrected chi connectivity index (χ3v) is 14.6. The molecule has 0 saturated carbocycles. The van der Waals surface area contributed by atoms with Gasteiger partial charge < -0.3 is 0 Å². The minimum absolute atomic E-state index is 0. The number of hydrogen-bond donors (Lipinski definition) is 0. The maximum atomic E-state index is 3.39. The van der Waals surface area contributed by atoms with Crippen molar-refractivity contribution < 1.29 is 47.8 Å². The van der Waals surface area contributed by atoms with Gasteiger partial charge in [-0.15, -0.1) is 50.5 Å². The quantitative estimate of drug-likeness (QED) is 0.195. The first-order valence-electron chi connectivity index (χ1n) is 14.2. The van der Waals surface area contributed by atoms with Crippen LogP contribution in [0.4, 0.5) is 0 Å². The van der Waals surface area contributed by atoms with Crippen LogP contribution in [0, 0.1) is 24.3 Å². The fourth-order valence-electron chi connectivity index (χ4n) is 3.68. The Kier molecular flexibility index (Phi) is 29.6. The van der Waals surface area contributed by atoms with Crippen molar-refractivity contribution in [3.05, 3.63) is 93.7 Å². The van der Waals surface area contributed by atoms with Crippen LogP contribution in [0.5, 0.6) is 0 Å². The van der Waals surface area contributed by atoms with Crippen LogP contribution in [0.2, 0.25) is 78.6 Å². The average molecular weight is 1010 g/mol. The van der Waals surface area contributed by atoms with Crippen molar-refractivity contribution >= 4 is 65.6 Å². The van der Waals surface area contributed by atoms with Crippen LogP contribution in [0.1, 0.15) is 25.7 Å². The zero-order chi connectivity index (χ0) is 31.6. The summed E-state index contributed by atoms with van der Waals surface area (Å²) in [7, 11) is -3.92. The Hall–Kier alpha value is 0.848. The van der Waals surface area contributed by atoms with Gasteiger partial charge in [-0.1, -0.05) is 78.6 Å². The molecule has 0 radical (unpaired) electrons. The molecule has 0 spiro atoms. The van der Waals surface area contributed by atoms with Gasteiger partial charge >= 0.3 is 56.3 Å². The second-order valence-corrected chi connectivity index (χ2v) is 34.2. The average Bonchev–Trinajstić information content (AvgIpc) is 3.70. The fourth-order valence-corrected chi connectivity index (χ4v) is 8.68. The Balaban J connectivity index is -0.000000217. The normalized spacial score (nSPS) is 16.0. The van der Waals surface area contributed by atoms with E-state index < -0.39 is 32.3 Å². The van der Waals surface area contributed by atoms with E-state index in [-0.39, 0.29) is 24.8 Å². The van der Waals surface area contributed by atoms with Gasteiger partial charge in [-0.3, -0.25) is 24.3 Å². The van der Waals surface area contributed by atoms with Crippen LogP contribution in [-0.2, 0) is 47.8 Å². The van der Waals surface area contributed by atoms with Gasteiger partial charge in [-0.25, -0.2) is 45.1 Å². The molecule has 0 saturated heterocycles. The molecule has 232 valence electrons. The van der Waals surface area contributed by atoms with Gasteiger partial charge in [0.2, 0.25) is 0 Å². The molecular formula is C34H58Cl2Hf2Si4. The van der Waals surface area contributed by atoms with Crippen LogP contribution in [0.15, 0.2) is 69.4 Å². The summed E-state index contributed by atoms with van der Waals surface area (Å²) >= 11 is 2.11. The SMILES string of the molecule is C[Si](C)(C)C1=CC[C-]=C1.C[Si](C)(C)C1=CC[C-]=C1.C[Si](C)(C)C1=CC[C-]=C1.C[Si](C)(C)C1=CC[C-]=C1.Cl.Cl.[CH2]=[Hf+2].[CH2]=[Hf+2]. The Morgan fingerprint density at radius 3 is 0.595 bits per heavy atom. The van der Waals surface area contributed by atoms with E-state index in [1.54, 1.807) is 20.8 Å². The van der Waals surface area contributed by atoms with Crippen molar-refractivity contribution in [2.45, 2.75) is 104 Å². The number of hydrogen-bond acceptors (Lipinski definition) is 0. The molecule has 8 heteroatoms. The summed E-state index contributed by atoms with van der Waals surface area (Å²) in [6.07, 6.45) is 34.8. The Labute approximate surface area is 308 Å². The molecule has 0 heterocycles. The molecule has 0 unspecified atom stereocenters. The minimum atomic E-state index is -0.981. The molecule has 4 aliphatic rings. The Bertz CT molecular complexity index is 844. The molecule has 0 aromatic carbocycles. The number of halogens is 2. The summed E-state index contributed by atoms with van der Waals surface area (Å²) in [6.45, 7) is 28.4. The van der Waals surface area contributed by atoms with Gasteiger partial charge in [-0.2, -0.15) is 24.3 Å². The van der Waals surface area contributed by atoms with Crippen LogP contribution in [0.25, 0.3) is 0 Å². The second-order valence-electron chi connectivity index (χ2n) is 13.8. The predicted molar refractivity (Wildman–Crippen MR) is 204 cm³/mol. The molecule has 0 aliphatic heterocycles. The molecule has 0 nitrogen and oxygen atoms in total. The first-order valence-corrected chi connectivity index (χ1v) is 33.3. The molecule has 0 atom stereocenters. The van der Waals surface area contributed by atoms with Gasteiger partial charge in [0.1, 0.15) is 0 Å². The van der Waals surface area contributed by atoms with E-state index in [9.17, 15) is 0 Å². The summed E-state index contributed by atoms with van der Waals surface area (Å²) in [5.74, 6) is 0. The third kappa shape index (κ3) is 23.2. The van der Waals surface area contributed by atoms with E-state index in [4.69, 9.17) is 0 Å². The molecule has 0 fully saturated rings. The van der Waals surface area contributed by atoms with Gasteiger partial charge in [0, 0.05) is 0 Å². The van der Waals surface area contributed by atoms with Crippen molar-refractivity contribution in [1.82, 2.24) is 0 Å². The van der Waals surface area contributed by atoms with Gasteiger partial charge in [-0.05, 0) is 32.3 Å². The van der Waals surface area contributed by atoms with E-state index in [2.05, 4.69) is 160 Å². The summed E-state index contributed by atoms with van der Waals surface area (Å²) in [4.78, 5) is 0. The van der Waals surface area contributed by atoms with Crippen molar-refractivity contribution in [1.29, 1.82) is 0 Å². The molecule has 0 aromatic rings. The molecule has 42 heavy (non-hydrogen) atoms. The Morgan fingerprint density at radius 2 is 0.548 bits per heavy atom. The molecule has 0 amide bonds. The first kappa shape index (κ1) is 49.7. The van der Waals surface area contributed by atoms with Crippen LogP contribution >= 0.6 is 24.8 Å².